The van der Waals surface area contributed by atoms with Crippen LogP contribution in [-0.2, 0) is 19.3 Å². The van der Waals surface area contributed by atoms with E-state index in [-0.39, 0.29) is 29.8 Å². The lowest BCUT2D eigenvalue weighted by atomic mass is 9.82. The zero-order chi connectivity index (χ0) is 20.9. The highest BCUT2D eigenvalue weighted by Gasteiger charge is 2.39. The summed E-state index contributed by atoms with van der Waals surface area (Å²) >= 11 is 0. The van der Waals surface area contributed by atoms with Crippen LogP contribution in [0.5, 0.6) is 0 Å². The second-order valence-corrected chi connectivity index (χ2v) is 7.83. The fourth-order valence-corrected chi connectivity index (χ4v) is 4.49. The minimum absolute atomic E-state index is 0.0528. The number of rotatable bonds is 3. The molecule has 3 aromatic rings. The van der Waals surface area contributed by atoms with Gasteiger partial charge in [0.25, 0.3) is 11.4 Å². The molecular formula is C20H18F3N5O2. The number of halogens is 3. The van der Waals surface area contributed by atoms with Crippen LogP contribution in [0.3, 0.4) is 0 Å². The molecule has 1 fully saturated rings. The molecule has 2 aliphatic rings. The number of fused-ring (bicyclic) bond motifs is 4. The SMILES string of the molecule is O=c1cc(-c2ccccn2)cc2n1C[C@H]1C[C@@H]2CN(Cc2nc(C(F)(F)F)no2)C1. The van der Waals surface area contributed by atoms with Crippen molar-refractivity contribution >= 4 is 0 Å². The highest BCUT2D eigenvalue weighted by molar-refractivity contribution is 5.59. The number of pyridine rings is 2. The number of hydrogen-bond donors (Lipinski definition) is 0. The van der Waals surface area contributed by atoms with Gasteiger partial charge in [0.1, 0.15) is 0 Å². The van der Waals surface area contributed by atoms with E-state index < -0.39 is 12.0 Å². The summed E-state index contributed by atoms with van der Waals surface area (Å²) in [6.07, 6.45) is -2.01. The van der Waals surface area contributed by atoms with Crippen molar-refractivity contribution in [1.82, 2.24) is 24.6 Å². The van der Waals surface area contributed by atoms with E-state index in [0.29, 0.717) is 19.6 Å². The molecule has 3 aromatic heterocycles. The van der Waals surface area contributed by atoms with Crippen LogP contribution in [0.25, 0.3) is 11.3 Å². The number of likely N-dealkylation sites (tertiary alicyclic amines) is 1. The molecule has 2 aliphatic heterocycles. The fraction of sp³-hybridized carbons (Fsp3) is 0.400. The minimum atomic E-state index is -4.62. The summed E-state index contributed by atoms with van der Waals surface area (Å²) < 4.78 is 44.7. The average molecular weight is 417 g/mol. The summed E-state index contributed by atoms with van der Waals surface area (Å²) in [6.45, 7) is 2.00. The maximum Gasteiger partial charge on any atom is 0.455 e. The summed E-state index contributed by atoms with van der Waals surface area (Å²) in [5.74, 6) is -0.980. The molecule has 156 valence electrons. The molecule has 30 heavy (non-hydrogen) atoms. The van der Waals surface area contributed by atoms with Crippen LogP contribution in [0.1, 0.15) is 29.7 Å². The van der Waals surface area contributed by atoms with Crippen molar-refractivity contribution < 1.29 is 17.7 Å². The predicted molar refractivity (Wildman–Crippen MR) is 99.4 cm³/mol. The third-order valence-corrected chi connectivity index (χ3v) is 5.67. The van der Waals surface area contributed by atoms with E-state index in [1.54, 1.807) is 12.3 Å². The number of alkyl halides is 3. The Labute approximate surface area is 169 Å². The van der Waals surface area contributed by atoms with Crippen LogP contribution >= 0.6 is 0 Å². The van der Waals surface area contributed by atoms with Gasteiger partial charge < -0.3 is 9.09 Å². The molecule has 0 amide bonds. The quantitative estimate of drug-likeness (QED) is 0.652. The van der Waals surface area contributed by atoms with Gasteiger partial charge in [-0.25, -0.2) is 0 Å². The zero-order valence-electron chi connectivity index (χ0n) is 15.8. The second-order valence-electron chi connectivity index (χ2n) is 7.83. The second kappa shape index (κ2) is 7.05. The van der Waals surface area contributed by atoms with Crippen LogP contribution in [0.4, 0.5) is 13.2 Å². The van der Waals surface area contributed by atoms with Gasteiger partial charge in [-0.05, 0) is 30.5 Å². The van der Waals surface area contributed by atoms with E-state index in [1.807, 2.05) is 33.7 Å². The summed E-state index contributed by atoms with van der Waals surface area (Å²) in [4.78, 5) is 22.6. The Morgan fingerprint density at radius 2 is 2.03 bits per heavy atom. The lowest BCUT2D eigenvalue weighted by Crippen LogP contribution is -2.46. The molecule has 0 aromatic carbocycles. The molecule has 5 rings (SSSR count). The van der Waals surface area contributed by atoms with Crippen LogP contribution in [0, 0.1) is 5.92 Å². The van der Waals surface area contributed by atoms with E-state index in [0.717, 1.165) is 23.4 Å². The topological polar surface area (TPSA) is 77.1 Å². The molecule has 0 aliphatic carbocycles. The number of nitrogens with zero attached hydrogens (tertiary/aromatic N) is 5. The molecule has 0 saturated carbocycles. The molecule has 0 unspecified atom stereocenters. The Kier molecular flexibility index (Phi) is 4.46. The van der Waals surface area contributed by atoms with Crippen molar-refractivity contribution in [1.29, 1.82) is 0 Å². The van der Waals surface area contributed by atoms with Gasteiger partial charge in [-0.2, -0.15) is 18.2 Å². The van der Waals surface area contributed by atoms with Crippen LogP contribution in [0.2, 0.25) is 0 Å². The molecule has 1 saturated heterocycles. The first-order valence-electron chi connectivity index (χ1n) is 9.65. The van der Waals surface area contributed by atoms with Gasteiger partial charge in [0, 0.05) is 49.1 Å². The maximum atomic E-state index is 12.7. The Morgan fingerprint density at radius 1 is 1.17 bits per heavy atom. The van der Waals surface area contributed by atoms with Gasteiger partial charge in [0.05, 0.1) is 12.2 Å². The largest absolute Gasteiger partial charge is 0.455 e. The zero-order valence-corrected chi connectivity index (χ0v) is 15.8. The third-order valence-electron chi connectivity index (χ3n) is 5.67. The van der Waals surface area contributed by atoms with E-state index in [9.17, 15) is 18.0 Å². The van der Waals surface area contributed by atoms with E-state index >= 15 is 0 Å². The standard InChI is InChI=1S/C20H18F3N5O2/c21-20(22,23)19-25-17(30-26-19)11-27-8-12-5-14(10-27)16-6-13(7-18(29)28(16)9-12)15-3-1-2-4-24-15/h1-4,6-7,12,14H,5,8-11H2/t12-,14+/m0/s1. The van der Waals surface area contributed by atoms with Gasteiger partial charge >= 0.3 is 6.18 Å². The van der Waals surface area contributed by atoms with Crippen molar-refractivity contribution in [3.63, 3.8) is 0 Å². The first-order chi connectivity index (χ1) is 14.4. The molecule has 7 nitrogen and oxygen atoms in total. The minimum Gasteiger partial charge on any atom is -0.338 e. The Bertz CT molecular complexity index is 1130. The molecule has 5 heterocycles. The number of hydrogen-bond acceptors (Lipinski definition) is 6. The predicted octanol–water partition coefficient (Wildman–Crippen LogP) is 2.93. The summed E-state index contributed by atoms with van der Waals surface area (Å²) in [7, 11) is 0. The number of aromatic nitrogens is 4. The highest BCUT2D eigenvalue weighted by Crippen LogP contribution is 2.37. The molecule has 10 heteroatoms. The van der Waals surface area contributed by atoms with Gasteiger partial charge in [-0.1, -0.05) is 11.2 Å². The first kappa shape index (κ1) is 19.0. The highest BCUT2D eigenvalue weighted by atomic mass is 19.4. The van der Waals surface area contributed by atoms with Crippen molar-refractivity contribution in [3.8, 4) is 11.3 Å². The van der Waals surface area contributed by atoms with Crippen LogP contribution < -0.4 is 5.56 Å². The first-order valence-corrected chi connectivity index (χ1v) is 9.65. The molecule has 0 spiro atoms. The van der Waals surface area contributed by atoms with Crippen LogP contribution in [-0.4, -0.2) is 37.7 Å². The smallest absolute Gasteiger partial charge is 0.338 e. The lowest BCUT2D eigenvalue weighted by Gasteiger charge is -2.42. The van der Waals surface area contributed by atoms with E-state index in [2.05, 4.69) is 15.1 Å². The van der Waals surface area contributed by atoms with Crippen LogP contribution in [0.15, 0.2) is 45.8 Å². The Morgan fingerprint density at radius 3 is 2.77 bits per heavy atom. The number of piperidine rings is 1. The molecule has 2 atom stereocenters. The Balaban J connectivity index is 1.40. The van der Waals surface area contributed by atoms with Crippen molar-refractivity contribution in [3.05, 3.63) is 64.3 Å². The van der Waals surface area contributed by atoms with Crippen molar-refractivity contribution in [2.24, 2.45) is 5.92 Å². The summed E-state index contributed by atoms with van der Waals surface area (Å²) in [5, 5.41) is 3.03. The molecule has 2 bridgehead atoms. The third kappa shape index (κ3) is 3.51. The van der Waals surface area contributed by atoms with Crippen molar-refractivity contribution in [2.75, 3.05) is 13.1 Å². The maximum absolute atomic E-state index is 12.7. The molecular weight excluding hydrogens is 399 g/mol. The summed E-state index contributed by atoms with van der Waals surface area (Å²) in [5.41, 5.74) is 2.39. The molecule has 0 N–H and O–H groups in total. The van der Waals surface area contributed by atoms with Crippen molar-refractivity contribution in [2.45, 2.75) is 31.6 Å². The molecule has 0 radical (unpaired) electrons. The fourth-order valence-electron chi connectivity index (χ4n) is 4.49. The van der Waals surface area contributed by atoms with Gasteiger partial charge in [0.2, 0.25) is 5.89 Å². The van der Waals surface area contributed by atoms with Gasteiger partial charge in [0.15, 0.2) is 0 Å². The van der Waals surface area contributed by atoms with Gasteiger partial charge in [-0.3, -0.25) is 14.7 Å². The summed E-state index contributed by atoms with van der Waals surface area (Å²) in [6, 6.07) is 9.17. The van der Waals surface area contributed by atoms with E-state index in [1.165, 1.54) is 0 Å². The van der Waals surface area contributed by atoms with Gasteiger partial charge in [-0.15, -0.1) is 0 Å². The monoisotopic (exact) mass is 417 g/mol. The van der Waals surface area contributed by atoms with E-state index in [4.69, 9.17) is 4.52 Å². The normalized spacial score (nSPS) is 21.4. The lowest BCUT2D eigenvalue weighted by molar-refractivity contribution is -0.146. The average Bonchev–Trinajstić information content (AvgIpc) is 3.18. The Hall–Kier alpha value is -3.01.